The molecule has 0 spiro atoms. The van der Waals surface area contributed by atoms with Crippen molar-refractivity contribution in [3.8, 4) is 0 Å². The summed E-state index contributed by atoms with van der Waals surface area (Å²) >= 11 is 3.13. The number of hydrogen-bond acceptors (Lipinski definition) is 6. The first-order valence-electron chi connectivity index (χ1n) is 4.56. The van der Waals surface area contributed by atoms with E-state index in [1.165, 1.54) is 12.3 Å². The first kappa shape index (κ1) is 11.5. The minimum atomic E-state index is -0.521. The summed E-state index contributed by atoms with van der Waals surface area (Å²) in [4.78, 5) is 14.2. The number of anilines is 2. The fourth-order valence-corrected chi connectivity index (χ4v) is 1.53. The molecule has 2 aromatic rings. The minimum Gasteiger partial charge on any atom is -0.360 e. The Bertz CT molecular complexity index is 569. The van der Waals surface area contributed by atoms with E-state index >= 15 is 0 Å². The highest BCUT2D eigenvalue weighted by Crippen LogP contribution is 2.27. The van der Waals surface area contributed by atoms with Crippen molar-refractivity contribution in [2.24, 2.45) is 0 Å². The molecule has 0 unspecified atom stereocenters. The maximum atomic E-state index is 10.8. The number of aromatic nitrogens is 2. The molecule has 2 aromatic heterocycles. The molecule has 0 saturated carbocycles. The minimum absolute atomic E-state index is 0.117. The fraction of sp³-hybridized carbons (Fsp3) is 0.111. The van der Waals surface area contributed by atoms with Gasteiger partial charge in [0, 0.05) is 22.8 Å². The van der Waals surface area contributed by atoms with Crippen LogP contribution in [0.25, 0.3) is 0 Å². The lowest BCUT2D eigenvalue weighted by Crippen LogP contribution is -1.99. The number of pyridine rings is 1. The van der Waals surface area contributed by atoms with Crippen LogP contribution >= 0.6 is 15.9 Å². The number of hydrogen-bond donors (Lipinski definition) is 1. The molecule has 0 aliphatic carbocycles. The third-order valence-corrected chi connectivity index (χ3v) is 2.34. The fourth-order valence-electron chi connectivity index (χ4n) is 1.21. The number of nitrogens with one attached hydrogen (secondary N) is 1. The Balaban J connectivity index is 2.35. The van der Waals surface area contributed by atoms with Gasteiger partial charge in [0.1, 0.15) is 5.76 Å². The van der Waals surface area contributed by atoms with Crippen LogP contribution in [0.5, 0.6) is 0 Å². The normalized spacial score (nSPS) is 10.2. The van der Waals surface area contributed by atoms with Crippen molar-refractivity contribution in [1.82, 2.24) is 10.1 Å². The van der Waals surface area contributed by atoms with Gasteiger partial charge in [-0.05, 0) is 22.9 Å². The standard InChI is InChI=1S/C9H7BrN4O3/c1-5-2-8(13-17-5)12-9-7(14(15)16)3-6(10)4-11-9/h2-4H,1H3,(H,11,12,13). The van der Waals surface area contributed by atoms with Crippen LogP contribution in [-0.4, -0.2) is 15.1 Å². The number of nitro groups is 1. The van der Waals surface area contributed by atoms with Gasteiger partial charge >= 0.3 is 5.69 Å². The first-order valence-corrected chi connectivity index (χ1v) is 5.36. The molecule has 0 amide bonds. The van der Waals surface area contributed by atoms with Gasteiger partial charge < -0.3 is 9.84 Å². The van der Waals surface area contributed by atoms with Crippen LogP contribution < -0.4 is 5.32 Å². The van der Waals surface area contributed by atoms with Crippen LogP contribution in [0.15, 0.2) is 27.3 Å². The van der Waals surface area contributed by atoms with Crippen molar-refractivity contribution < 1.29 is 9.45 Å². The first-order chi connectivity index (χ1) is 8.06. The van der Waals surface area contributed by atoms with Crippen LogP contribution in [-0.2, 0) is 0 Å². The molecule has 8 heteroatoms. The zero-order valence-electron chi connectivity index (χ0n) is 8.68. The molecule has 2 rings (SSSR count). The van der Waals surface area contributed by atoms with E-state index in [2.05, 4.69) is 31.4 Å². The summed E-state index contributed by atoms with van der Waals surface area (Å²) in [6, 6.07) is 2.98. The SMILES string of the molecule is Cc1cc(Nc2ncc(Br)cc2[N+](=O)[O-])no1. The predicted octanol–water partition coefficient (Wildman–Crippen LogP) is 2.79. The van der Waals surface area contributed by atoms with Gasteiger partial charge in [0.15, 0.2) is 5.82 Å². The maximum absolute atomic E-state index is 10.8. The number of nitrogens with zero attached hydrogens (tertiary/aromatic N) is 3. The van der Waals surface area contributed by atoms with E-state index in [4.69, 9.17) is 4.52 Å². The molecular weight excluding hydrogens is 292 g/mol. The zero-order chi connectivity index (χ0) is 12.4. The van der Waals surface area contributed by atoms with Crippen molar-refractivity contribution >= 4 is 33.3 Å². The largest absolute Gasteiger partial charge is 0.360 e. The van der Waals surface area contributed by atoms with Crippen LogP contribution in [0, 0.1) is 17.0 Å². The molecule has 0 saturated heterocycles. The van der Waals surface area contributed by atoms with Gasteiger partial charge in [-0.1, -0.05) is 5.16 Å². The van der Waals surface area contributed by atoms with Crippen molar-refractivity contribution in [2.45, 2.75) is 6.92 Å². The van der Waals surface area contributed by atoms with E-state index in [0.29, 0.717) is 16.1 Å². The molecule has 0 aliphatic heterocycles. The Morgan fingerprint density at radius 3 is 2.88 bits per heavy atom. The van der Waals surface area contributed by atoms with Crippen LogP contribution in [0.3, 0.4) is 0 Å². The molecule has 0 radical (unpaired) electrons. The zero-order valence-corrected chi connectivity index (χ0v) is 10.3. The lowest BCUT2D eigenvalue weighted by molar-refractivity contribution is -0.384. The molecule has 88 valence electrons. The van der Waals surface area contributed by atoms with Gasteiger partial charge in [0.2, 0.25) is 5.82 Å². The van der Waals surface area contributed by atoms with E-state index in [1.54, 1.807) is 13.0 Å². The van der Waals surface area contributed by atoms with Crippen LogP contribution in [0.4, 0.5) is 17.3 Å². The highest BCUT2D eigenvalue weighted by molar-refractivity contribution is 9.10. The molecule has 2 heterocycles. The maximum Gasteiger partial charge on any atom is 0.312 e. The second kappa shape index (κ2) is 4.50. The molecule has 17 heavy (non-hydrogen) atoms. The van der Waals surface area contributed by atoms with Crippen LogP contribution in [0.2, 0.25) is 0 Å². The van der Waals surface area contributed by atoms with Crippen LogP contribution in [0.1, 0.15) is 5.76 Å². The molecular formula is C9H7BrN4O3. The summed E-state index contributed by atoms with van der Waals surface area (Å²) in [5.41, 5.74) is -0.139. The van der Waals surface area contributed by atoms with Gasteiger partial charge in [-0.25, -0.2) is 4.98 Å². The van der Waals surface area contributed by atoms with E-state index in [1.807, 2.05) is 0 Å². The smallest absolute Gasteiger partial charge is 0.312 e. The molecule has 0 aromatic carbocycles. The molecule has 7 nitrogen and oxygen atoms in total. The van der Waals surface area contributed by atoms with E-state index in [0.717, 1.165) is 0 Å². The Morgan fingerprint density at radius 2 is 2.29 bits per heavy atom. The summed E-state index contributed by atoms with van der Waals surface area (Å²) in [7, 11) is 0. The Hall–Kier alpha value is -1.96. The summed E-state index contributed by atoms with van der Waals surface area (Å²) in [5.74, 6) is 1.10. The summed E-state index contributed by atoms with van der Waals surface area (Å²) in [6.07, 6.45) is 1.46. The molecule has 0 aliphatic rings. The van der Waals surface area contributed by atoms with Gasteiger partial charge in [-0.3, -0.25) is 10.1 Å². The highest BCUT2D eigenvalue weighted by Gasteiger charge is 2.17. The molecule has 0 bridgehead atoms. The van der Waals surface area contributed by atoms with Gasteiger partial charge in [-0.2, -0.15) is 0 Å². The van der Waals surface area contributed by atoms with Crippen molar-refractivity contribution in [2.75, 3.05) is 5.32 Å². The average Bonchev–Trinajstić information content (AvgIpc) is 2.66. The Morgan fingerprint density at radius 1 is 1.53 bits per heavy atom. The highest BCUT2D eigenvalue weighted by atomic mass is 79.9. The predicted molar refractivity (Wildman–Crippen MR) is 63.1 cm³/mol. The van der Waals surface area contributed by atoms with Gasteiger partial charge in [-0.15, -0.1) is 0 Å². The third kappa shape index (κ3) is 2.59. The summed E-state index contributed by atoms with van der Waals surface area (Å²) < 4.78 is 5.37. The second-order valence-electron chi connectivity index (χ2n) is 3.23. The quantitative estimate of drug-likeness (QED) is 0.691. The van der Waals surface area contributed by atoms with Crippen molar-refractivity contribution in [3.05, 3.63) is 38.7 Å². The van der Waals surface area contributed by atoms with Gasteiger partial charge in [0.25, 0.3) is 0 Å². The van der Waals surface area contributed by atoms with Crippen molar-refractivity contribution in [1.29, 1.82) is 0 Å². The monoisotopic (exact) mass is 298 g/mol. The van der Waals surface area contributed by atoms with E-state index in [-0.39, 0.29) is 11.5 Å². The number of aryl methyl sites for hydroxylation is 1. The van der Waals surface area contributed by atoms with E-state index < -0.39 is 4.92 Å². The Labute approximate surface area is 104 Å². The lowest BCUT2D eigenvalue weighted by Gasteiger charge is -2.02. The number of halogens is 1. The molecule has 0 fully saturated rings. The lowest BCUT2D eigenvalue weighted by atomic mass is 10.4. The molecule has 0 atom stereocenters. The number of rotatable bonds is 3. The van der Waals surface area contributed by atoms with E-state index in [9.17, 15) is 10.1 Å². The average molecular weight is 299 g/mol. The topological polar surface area (TPSA) is 94.1 Å². The van der Waals surface area contributed by atoms with Crippen molar-refractivity contribution in [3.63, 3.8) is 0 Å². The third-order valence-electron chi connectivity index (χ3n) is 1.91. The summed E-state index contributed by atoms with van der Waals surface area (Å²) in [6.45, 7) is 1.72. The second-order valence-corrected chi connectivity index (χ2v) is 4.14. The Kier molecular flexibility index (Phi) is 3.05. The van der Waals surface area contributed by atoms with Gasteiger partial charge in [0.05, 0.1) is 4.92 Å². The summed E-state index contributed by atoms with van der Waals surface area (Å²) in [5, 5.41) is 17.2. The molecule has 1 N–H and O–H groups in total.